The number of carboxylic acid groups (broad SMARTS) is 1. The van der Waals surface area contributed by atoms with Crippen LogP contribution in [0.15, 0.2) is 24.3 Å². The van der Waals surface area contributed by atoms with E-state index in [1.807, 2.05) is 0 Å². The van der Waals surface area contributed by atoms with Crippen molar-refractivity contribution >= 4 is 11.9 Å². The lowest BCUT2D eigenvalue weighted by atomic mass is 9.94. The lowest BCUT2D eigenvalue weighted by Gasteiger charge is -2.14. The molecular formula is C16H23NO3. The third kappa shape index (κ3) is 5.43. The second kappa shape index (κ2) is 7.68. The molecule has 1 unspecified atom stereocenters. The van der Waals surface area contributed by atoms with Crippen LogP contribution in [0.4, 0.5) is 0 Å². The molecule has 1 atom stereocenters. The number of rotatable bonds is 7. The zero-order valence-electron chi connectivity index (χ0n) is 12.3. The molecule has 0 saturated carbocycles. The first kappa shape index (κ1) is 16.2. The Morgan fingerprint density at radius 2 is 1.75 bits per heavy atom. The third-order valence-corrected chi connectivity index (χ3v) is 3.58. The molecule has 20 heavy (non-hydrogen) atoms. The maximum atomic E-state index is 11.7. The molecule has 0 bridgehead atoms. The van der Waals surface area contributed by atoms with E-state index in [2.05, 4.69) is 26.1 Å². The highest BCUT2D eigenvalue weighted by Crippen LogP contribution is 2.13. The van der Waals surface area contributed by atoms with Gasteiger partial charge in [0.2, 0.25) is 5.91 Å². The largest absolute Gasteiger partial charge is 0.478 e. The van der Waals surface area contributed by atoms with Gasteiger partial charge in [0.05, 0.1) is 5.56 Å². The minimum atomic E-state index is -0.924. The first-order chi connectivity index (χ1) is 9.40. The lowest BCUT2D eigenvalue weighted by molar-refractivity contribution is -0.122. The van der Waals surface area contributed by atoms with Gasteiger partial charge >= 0.3 is 5.97 Å². The van der Waals surface area contributed by atoms with Gasteiger partial charge in [-0.2, -0.15) is 0 Å². The lowest BCUT2D eigenvalue weighted by Crippen LogP contribution is -2.28. The van der Waals surface area contributed by atoms with Crippen molar-refractivity contribution in [2.45, 2.75) is 33.6 Å². The standard InChI is InChI=1S/C16H23NO3/c1-11(2)12(3)10-15(18)17-9-8-13-4-6-14(7-5-13)16(19)20/h4-7,11-12H,8-10H2,1-3H3,(H,17,18)(H,19,20). The van der Waals surface area contributed by atoms with E-state index in [-0.39, 0.29) is 11.5 Å². The number of carbonyl (C=O) groups excluding carboxylic acids is 1. The van der Waals surface area contributed by atoms with Crippen LogP contribution in [-0.4, -0.2) is 23.5 Å². The number of aromatic carboxylic acids is 1. The van der Waals surface area contributed by atoms with E-state index in [0.717, 1.165) is 5.56 Å². The highest BCUT2D eigenvalue weighted by molar-refractivity contribution is 5.87. The molecule has 0 aliphatic heterocycles. The van der Waals surface area contributed by atoms with Crippen molar-refractivity contribution in [3.8, 4) is 0 Å². The van der Waals surface area contributed by atoms with E-state index in [0.29, 0.717) is 31.2 Å². The first-order valence-electron chi connectivity index (χ1n) is 6.99. The fourth-order valence-corrected chi connectivity index (χ4v) is 1.76. The Morgan fingerprint density at radius 1 is 1.15 bits per heavy atom. The summed E-state index contributed by atoms with van der Waals surface area (Å²) in [6.07, 6.45) is 1.26. The number of hydrogen-bond donors (Lipinski definition) is 2. The summed E-state index contributed by atoms with van der Waals surface area (Å²) in [6.45, 7) is 6.88. The van der Waals surface area contributed by atoms with Gasteiger partial charge in [-0.15, -0.1) is 0 Å². The van der Waals surface area contributed by atoms with Crippen molar-refractivity contribution in [1.82, 2.24) is 5.32 Å². The molecule has 0 fully saturated rings. The molecule has 0 aromatic heterocycles. The highest BCUT2D eigenvalue weighted by Gasteiger charge is 2.11. The average molecular weight is 277 g/mol. The topological polar surface area (TPSA) is 66.4 Å². The fourth-order valence-electron chi connectivity index (χ4n) is 1.76. The smallest absolute Gasteiger partial charge is 0.335 e. The van der Waals surface area contributed by atoms with E-state index in [1.54, 1.807) is 24.3 Å². The summed E-state index contributed by atoms with van der Waals surface area (Å²) in [4.78, 5) is 22.4. The molecule has 1 aromatic rings. The van der Waals surface area contributed by atoms with Crippen LogP contribution in [0.25, 0.3) is 0 Å². The summed E-state index contributed by atoms with van der Waals surface area (Å²) >= 11 is 0. The van der Waals surface area contributed by atoms with Gasteiger partial charge in [-0.3, -0.25) is 4.79 Å². The van der Waals surface area contributed by atoms with Gasteiger partial charge < -0.3 is 10.4 Å². The predicted octanol–water partition coefficient (Wildman–Crippen LogP) is 2.73. The normalized spacial score (nSPS) is 12.2. The molecule has 0 aliphatic carbocycles. The number of nitrogens with one attached hydrogen (secondary N) is 1. The molecule has 1 rings (SSSR count). The number of hydrogen-bond acceptors (Lipinski definition) is 2. The molecule has 0 aliphatic rings. The van der Waals surface area contributed by atoms with E-state index >= 15 is 0 Å². The van der Waals surface area contributed by atoms with Crippen molar-refractivity contribution in [3.05, 3.63) is 35.4 Å². The minimum absolute atomic E-state index is 0.0772. The molecule has 1 amide bonds. The molecule has 4 nitrogen and oxygen atoms in total. The quantitative estimate of drug-likeness (QED) is 0.805. The van der Waals surface area contributed by atoms with Gasteiger partial charge in [0.15, 0.2) is 0 Å². The molecule has 110 valence electrons. The Hall–Kier alpha value is -1.84. The number of benzene rings is 1. The molecule has 1 aromatic carbocycles. The van der Waals surface area contributed by atoms with Crippen molar-refractivity contribution in [1.29, 1.82) is 0 Å². The minimum Gasteiger partial charge on any atom is -0.478 e. The van der Waals surface area contributed by atoms with Crippen molar-refractivity contribution in [3.63, 3.8) is 0 Å². The Balaban J connectivity index is 2.33. The maximum absolute atomic E-state index is 11.7. The molecule has 0 radical (unpaired) electrons. The Morgan fingerprint density at radius 3 is 2.25 bits per heavy atom. The van der Waals surface area contributed by atoms with E-state index in [1.165, 1.54) is 0 Å². The number of carbonyl (C=O) groups is 2. The summed E-state index contributed by atoms with van der Waals surface area (Å²) < 4.78 is 0. The number of amides is 1. The second-order valence-electron chi connectivity index (χ2n) is 5.53. The van der Waals surface area contributed by atoms with Crippen LogP contribution in [0.3, 0.4) is 0 Å². The third-order valence-electron chi connectivity index (χ3n) is 3.58. The Bertz CT molecular complexity index is 451. The molecular weight excluding hydrogens is 254 g/mol. The van der Waals surface area contributed by atoms with Crippen LogP contribution >= 0.6 is 0 Å². The molecule has 2 N–H and O–H groups in total. The molecule has 4 heteroatoms. The molecule has 0 spiro atoms. The van der Waals surface area contributed by atoms with Gasteiger partial charge in [-0.1, -0.05) is 32.9 Å². The van der Waals surface area contributed by atoms with E-state index in [9.17, 15) is 9.59 Å². The number of carboxylic acids is 1. The van der Waals surface area contributed by atoms with Crippen molar-refractivity contribution in [2.24, 2.45) is 11.8 Å². The van der Waals surface area contributed by atoms with E-state index < -0.39 is 5.97 Å². The summed E-state index contributed by atoms with van der Waals surface area (Å²) in [5.74, 6) is 0.0371. The monoisotopic (exact) mass is 277 g/mol. The zero-order chi connectivity index (χ0) is 15.1. The zero-order valence-corrected chi connectivity index (χ0v) is 12.3. The summed E-state index contributed by atoms with van der Waals surface area (Å²) in [5.41, 5.74) is 1.30. The summed E-state index contributed by atoms with van der Waals surface area (Å²) in [7, 11) is 0. The van der Waals surface area contributed by atoms with Gasteiger partial charge in [-0.05, 0) is 36.0 Å². The van der Waals surface area contributed by atoms with Gasteiger partial charge in [0.25, 0.3) is 0 Å². The van der Waals surface area contributed by atoms with Crippen LogP contribution in [0.1, 0.15) is 43.1 Å². The maximum Gasteiger partial charge on any atom is 0.335 e. The van der Waals surface area contributed by atoms with Crippen LogP contribution in [0, 0.1) is 11.8 Å². The van der Waals surface area contributed by atoms with Gasteiger partial charge in [-0.25, -0.2) is 4.79 Å². The van der Waals surface area contributed by atoms with Gasteiger partial charge in [0.1, 0.15) is 0 Å². The first-order valence-corrected chi connectivity index (χ1v) is 6.99. The van der Waals surface area contributed by atoms with Crippen LogP contribution in [0.5, 0.6) is 0 Å². The van der Waals surface area contributed by atoms with E-state index in [4.69, 9.17) is 5.11 Å². The van der Waals surface area contributed by atoms with Crippen molar-refractivity contribution in [2.75, 3.05) is 6.54 Å². The average Bonchev–Trinajstić information content (AvgIpc) is 2.39. The predicted molar refractivity (Wildman–Crippen MR) is 78.7 cm³/mol. The summed E-state index contributed by atoms with van der Waals surface area (Å²) in [6, 6.07) is 6.74. The Kier molecular flexibility index (Phi) is 6.22. The fraction of sp³-hybridized carbons (Fsp3) is 0.500. The van der Waals surface area contributed by atoms with Crippen LogP contribution < -0.4 is 5.32 Å². The molecule has 0 heterocycles. The molecule has 0 saturated heterocycles. The second-order valence-corrected chi connectivity index (χ2v) is 5.53. The van der Waals surface area contributed by atoms with Crippen LogP contribution in [-0.2, 0) is 11.2 Å². The SMILES string of the molecule is CC(C)C(C)CC(=O)NCCc1ccc(C(=O)O)cc1. The van der Waals surface area contributed by atoms with Crippen LogP contribution in [0.2, 0.25) is 0 Å². The van der Waals surface area contributed by atoms with Crippen molar-refractivity contribution < 1.29 is 14.7 Å². The summed E-state index contributed by atoms with van der Waals surface area (Å²) in [5, 5.41) is 11.7. The Labute approximate surface area is 120 Å². The highest BCUT2D eigenvalue weighted by atomic mass is 16.4. The van der Waals surface area contributed by atoms with Gasteiger partial charge in [0, 0.05) is 13.0 Å².